The summed E-state index contributed by atoms with van der Waals surface area (Å²) in [5, 5.41) is 3.58. The molecule has 1 heterocycles. The maximum atomic E-state index is 12.0. The molecule has 0 bridgehead atoms. The fourth-order valence-corrected chi connectivity index (χ4v) is 2.39. The van der Waals surface area contributed by atoms with Crippen LogP contribution in [-0.2, 0) is 6.61 Å². The zero-order chi connectivity index (χ0) is 17.6. The predicted octanol–water partition coefficient (Wildman–Crippen LogP) is 4.60. The van der Waals surface area contributed by atoms with Crippen LogP contribution in [0.4, 0.5) is 0 Å². The van der Waals surface area contributed by atoms with Crippen molar-refractivity contribution < 1.29 is 18.8 Å². The van der Waals surface area contributed by atoms with E-state index < -0.39 is 5.97 Å². The quantitative estimate of drug-likeness (QED) is 0.486. The Hall–Kier alpha value is -3.08. The summed E-state index contributed by atoms with van der Waals surface area (Å²) in [4.78, 5) is 12.0. The summed E-state index contributed by atoms with van der Waals surface area (Å²) in [5.41, 5.74) is 2.20. The second kappa shape index (κ2) is 7.66. The molecule has 0 aliphatic heterocycles. The molecule has 2 aromatic carbocycles. The molecule has 0 amide bonds. The van der Waals surface area contributed by atoms with Crippen molar-refractivity contribution in [1.29, 1.82) is 0 Å². The van der Waals surface area contributed by atoms with Gasteiger partial charge in [-0.3, -0.25) is 0 Å². The monoisotopic (exact) mass is 337 g/mol. The fourth-order valence-electron chi connectivity index (χ4n) is 2.39. The highest BCUT2D eigenvalue weighted by molar-refractivity contribution is 5.88. The topological polar surface area (TPSA) is 61.6 Å². The van der Waals surface area contributed by atoms with Crippen LogP contribution in [0.15, 0.2) is 65.4 Å². The highest BCUT2D eigenvalue weighted by Gasteiger charge is 2.15. The Morgan fingerprint density at radius 2 is 1.92 bits per heavy atom. The minimum absolute atomic E-state index is 0.135. The normalized spacial score (nSPS) is 10.7. The average molecular weight is 337 g/mol. The van der Waals surface area contributed by atoms with Gasteiger partial charge in [-0.2, -0.15) is 0 Å². The van der Waals surface area contributed by atoms with Gasteiger partial charge in [0.2, 0.25) is 0 Å². The number of hydrogen-bond donors (Lipinski definition) is 0. The van der Waals surface area contributed by atoms with Crippen molar-refractivity contribution in [3.05, 3.63) is 77.7 Å². The van der Waals surface area contributed by atoms with E-state index in [4.69, 9.17) is 9.47 Å². The Morgan fingerprint density at radius 3 is 2.60 bits per heavy atom. The largest absolute Gasteiger partial charge is 0.489 e. The first-order chi connectivity index (χ1) is 12.1. The second-order valence-electron chi connectivity index (χ2n) is 5.90. The molecule has 3 rings (SSSR count). The first-order valence-electron chi connectivity index (χ1n) is 8.06. The van der Waals surface area contributed by atoms with Gasteiger partial charge in [-0.1, -0.05) is 49.3 Å². The van der Waals surface area contributed by atoms with Crippen LogP contribution in [0.2, 0.25) is 0 Å². The Bertz CT molecular complexity index is 826. The molecule has 1 aromatic heterocycles. The predicted molar refractivity (Wildman–Crippen MR) is 92.8 cm³/mol. The zero-order valence-corrected chi connectivity index (χ0v) is 14.1. The molecule has 5 nitrogen and oxygen atoms in total. The van der Waals surface area contributed by atoms with Crippen LogP contribution in [0.25, 0.3) is 0 Å². The molecule has 0 saturated carbocycles. The molecular weight excluding hydrogens is 318 g/mol. The fraction of sp³-hybridized carbons (Fsp3) is 0.200. The molecule has 0 atom stereocenters. The maximum Gasteiger partial charge on any atom is 0.365 e. The van der Waals surface area contributed by atoms with Crippen molar-refractivity contribution in [3.63, 3.8) is 0 Å². The molecule has 128 valence electrons. The summed E-state index contributed by atoms with van der Waals surface area (Å²) < 4.78 is 16.0. The van der Waals surface area contributed by atoms with Gasteiger partial charge in [0, 0.05) is 11.6 Å². The molecule has 5 heteroatoms. The first kappa shape index (κ1) is 16.8. The third-order valence-electron chi connectivity index (χ3n) is 3.70. The lowest BCUT2D eigenvalue weighted by Crippen LogP contribution is -2.09. The summed E-state index contributed by atoms with van der Waals surface area (Å²) in [6, 6.07) is 16.8. The Morgan fingerprint density at radius 1 is 1.12 bits per heavy atom. The Labute approximate surface area is 146 Å². The number of nitrogens with zero attached hydrogens (tertiary/aromatic N) is 1. The van der Waals surface area contributed by atoms with Crippen molar-refractivity contribution in [1.82, 2.24) is 5.16 Å². The summed E-state index contributed by atoms with van der Waals surface area (Å²) in [7, 11) is 0. The molecule has 0 aliphatic carbocycles. The number of esters is 1. The second-order valence-corrected chi connectivity index (χ2v) is 5.90. The van der Waals surface area contributed by atoms with Crippen molar-refractivity contribution >= 4 is 5.97 Å². The Kier molecular flexibility index (Phi) is 5.14. The smallest absolute Gasteiger partial charge is 0.365 e. The lowest BCUT2D eigenvalue weighted by atomic mass is 10.0. The molecule has 25 heavy (non-hydrogen) atoms. The number of benzene rings is 2. The maximum absolute atomic E-state index is 12.0. The number of hydrogen-bond acceptors (Lipinski definition) is 5. The van der Waals surface area contributed by atoms with E-state index in [0.29, 0.717) is 12.4 Å². The highest BCUT2D eigenvalue weighted by Crippen LogP contribution is 2.31. The van der Waals surface area contributed by atoms with E-state index in [1.165, 1.54) is 12.3 Å². The summed E-state index contributed by atoms with van der Waals surface area (Å²) in [6.07, 6.45) is 1.33. The minimum atomic E-state index is -0.554. The standard InChI is InChI=1S/C20H19NO4/c1-14(2)17-12-16(25-20(22)18-10-11-24-21-18)8-9-19(17)23-13-15-6-4-3-5-7-15/h3-12,14H,13H2,1-2H3. The van der Waals surface area contributed by atoms with Crippen LogP contribution in [0.1, 0.15) is 41.4 Å². The van der Waals surface area contributed by atoms with Gasteiger partial charge in [0.1, 0.15) is 24.4 Å². The molecular formula is C20H19NO4. The van der Waals surface area contributed by atoms with E-state index in [9.17, 15) is 4.79 Å². The van der Waals surface area contributed by atoms with Gasteiger partial charge in [0.25, 0.3) is 0 Å². The zero-order valence-electron chi connectivity index (χ0n) is 14.1. The minimum Gasteiger partial charge on any atom is -0.489 e. The number of rotatable bonds is 6. The molecule has 0 aliphatic rings. The molecule has 0 N–H and O–H groups in total. The first-order valence-corrected chi connectivity index (χ1v) is 8.06. The van der Waals surface area contributed by atoms with E-state index in [1.807, 2.05) is 42.5 Å². The van der Waals surface area contributed by atoms with E-state index in [-0.39, 0.29) is 11.6 Å². The van der Waals surface area contributed by atoms with Crippen LogP contribution in [0, 0.1) is 0 Å². The van der Waals surface area contributed by atoms with E-state index in [1.54, 1.807) is 6.07 Å². The van der Waals surface area contributed by atoms with Crippen molar-refractivity contribution in [2.24, 2.45) is 0 Å². The van der Waals surface area contributed by atoms with E-state index >= 15 is 0 Å². The van der Waals surface area contributed by atoms with Crippen molar-refractivity contribution in [2.45, 2.75) is 26.4 Å². The summed E-state index contributed by atoms with van der Waals surface area (Å²) in [5.74, 6) is 0.890. The summed E-state index contributed by atoms with van der Waals surface area (Å²) >= 11 is 0. The number of ether oxygens (including phenoxy) is 2. The van der Waals surface area contributed by atoms with Crippen LogP contribution in [0.5, 0.6) is 11.5 Å². The number of carbonyl (C=O) groups is 1. The van der Waals surface area contributed by atoms with Gasteiger partial charge in [0.15, 0.2) is 5.69 Å². The molecule has 0 spiro atoms. The van der Waals surface area contributed by atoms with Gasteiger partial charge < -0.3 is 14.0 Å². The average Bonchev–Trinajstić information content (AvgIpc) is 3.16. The third-order valence-corrected chi connectivity index (χ3v) is 3.70. The van der Waals surface area contributed by atoms with Gasteiger partial charge in [-0.15, -0.1) is 0 Å². The van der Waals surface area contributed by atoms with Crippen LogP contribution in [-0.4, -0.2) is 11.1 Å². The SMILES string of the molecule is CC(C)c1cc(OC(=O)c2ccon2)ccc1OCc1ccccc1. The van der Waals surface area contributed by atoms with Crippen LogP contribution >= 0.6 is 0 Å². The van der Waals surface area contributed by atoms with E-state index in [2.05, 4.69) is 23.5 Å². The highest BCUT2D eigenvalue weighted by atomic mass is 16.5. The van der Waals surface area contributed by atoms with Gasteiger partial charge in [-0.25, -0.2) is 4.79 Å². The summed E-state index contributed by atoms with van der Waals surface area (Å²) in [6.45, 7) is 4.61. The molecule has 3 aromatic rings. The van der Waals surface area contributed by atoms with Crippen molar-refractivity contribution in [3.8, 4) is 11.5 Å². The number of carbonyl (C=O) groups excluding carboxylic acids is 1. The molecule has 0 radical (unpaired) electrons. The Balaban J connectivity index is 1.75. The molecule has 0 fully saturated rings. The van der Waals surface area contributed by atoms with Crippen molar-refractivity contribution in [2.75, 3.05) is 0 Å². The van der Waals surface area contributed by atoms with Gasteiger partial charge >= 0.3 is 5.97 Å². The number of aromatic nitrogens is 1. The van der Waals surface area contributed by atoms with E-state index in [0.717, 1.165) is 16.9 Å². The lowest BCUT2D eigenvalue weighted by Gasteiger charge is -2.15. The van der Waals surface area contributed by atoms with Crippen LogP contribution in [0.3, 0.4) is 0 Å². The third kappa shape index (κ3) is 4.26. The van der Waals surface area contributed by atoms with Crippen LogP contribution < -0.4 is 9.47 Å². The molecule has 0 saturated heterocycles. The molecule has 0 unspecified atom stereocenters. The van der Waals surface area contributed by atoms with Gasteiger partial charge in [-0.05, 0) is 29.7 Å². The van der Waals surface area contributed by atoms with Gasteiger partial charge in [0.05, 0.1) is 0 Å². The lowest BCUT2D eigenvalue weighted by molar-refractivity contribution is 0.0723.